The van der Waals surface area contributed by atoms with Crippen molar-refractivity contribution in [2.75, 3.05) is 91.8 Å². The molecule has 0 aromatic heterocycles. The van der Waals surface area contributed by atoms with Crippen LogP contribution in [0.25, 0.3) is 0 Å². The van der Waals surface area contributed by atoms with Crippen LogP contribution in [-0.4, -0.2) is 178 Å². The summed E-state index contributed by atoms with van der Waals surface area (Å²) < 4.78 is 4.94. The lowest BCUT2D eigenvalue weighted by atomic mass is 10.1. The molecule has 0 spiro atoms. The van der Waals surface area contributed by atoms with Gasteiger partial charge < -0.3 is 35.4 Å². The lowest BCUT2D eigenvalue weighted by Crippen LogP contribution is -2.54. The molecule has 15 nitrogen and oxygen atoms in total. The molecule has 6 N–H and O–H groups in total. The van der Waals surface area contributed by atoms with E-state index in [1.54, 1.807) is 19.6 Å². The molecule has 1 heterocycles. The zero-order chi connectivity index (χ0) is 26.4. The Balaban J connectivity index is 3.05. The Morgan fingerprint density at radius 3 is 1.34 bits per heavy atom. The normalized spacial score (nSPS) is 19.8. The molecule has 1 saturated heterocycles. The third kappa shape index (κ3) is 13.3. The van der Waals surface area contributed by atoms with Crippen molar-refractivity contribution in [1.29, 1.82) is 0 Å². The van der Waals surface area contributed by atoms with Gasteiger partial charge in [-0.05, 0) is 0 Å². The van der Waals surface area contributed by atoms with E-state index in [-0.39, 0.29) is 78.6 Å². The number of carbonyl (C=O) groups is 4. The Kier molecular flexibility index (Phi) is 14.3. The van der Waals surface area contributed by atoms with E-state index in [1.807, 2.05) is 0 Å². The largest absolute Gasteiger partial charge is 0.480 e. The number of ether oxygens (including phenoxy) is 1. The highest BCUT2D eigenvalue weighted by atomic mass is 16.5. The number of carboxylic acids is 4. The van der Waals surface area contributed by atoms with Gasteiger partial charge in [0, 0.05) is 52.4 Å². The fourth-order valence-electron chi connectivity index (χ4n) is 3.79. The van der Waals surface area contributed by atoms with Crippen LogP contribution in [0.5, 0.6) is 0 Å². The average Bonchev–Trinajstić information content (AvgIpc) is 2.74. The first kappa shape index (κ1) is 30.6. The van der Waals surface area contributed by atoms with Crippen LogP contribution in [0.1, 0.15) is 0 Å². The molecule has 2 unspecified atom stereocenters. The van der Waals surface area contributed by atoms with Crippen molar-refractivity contribution in [3.63, 3.8) is 0 Å². The van der Waals surface area contributed by atoms with Crippen LogP contribution in [0, 0.1) is 0 Å². The van der Waals surface area contributed by atoms with E-state index in [9.17, 15) is 44.7 Å². The summed E-state index contributed by atoms with van der Waals surface area (Å²) in [6.07, 6.45) is -1.25. The van der Waals surface area contributed by atoms with E-state index in [0.29, 0.717) is 0 Å². The second-order valence-corrected chi connectivity index (χ2v) is 8.27. The van der Waals surface area contributed by atoms with E-state index in [1.165, 1.54) is 0 Å². The van der Waals surface area contributed by atoms with E-state index in [2.05, 4.69) is 0 Å². The predicted molar refractivity (Wildman–Crippen MR) is 119 cm³/mol. The number of hydrogen-bond acceptors (Lipinski definition) is 11. The van der Waals surface area contributed by atoms with Crippen LogP contribution in [0.15, 0.2) is 0 Å². The van der Waals surface area contributed by atoms with Gasteiger partial charge in [-0.25, -0.2) is 4.79 Å². The van der Waals surface area contributed by atoms with Gasteiger partial charge in [-0.3, -0.25) is 34.0 Å². The van der Waals surface area contributed by atoms with Crippen LogP contribution in [0.3, 0.4) is 0 Å². The monoisotopic (exact) mass is 508 g/mol. The number of carboxylic acid groups (broad SMARTS) is 4. The topological polar surface area (TPSA) is 212 Å². The molecule has 1 aliphatic heterocycles. The number of rotatable bonds is 13. The lowest BCUT2D eigenvalue weighted by molar-refractivity contribution is -0.144. The lowest BCUT2D eigenvalue weighted by Gasteiger charge is -2.37. The molecule has 0 amide bonds. The highest BCUT2D eigenvalue weighted by Gasteiger charge is 2.28. The minimum Gasteiger partial charge on any atom is -0.480 e. The SMILES string of the molecule is O=C(O)COCC(O)C(CO)N1CCN(CC(=O)O)CCN(CC(=O)O)CCN(CC(=O)O)CC1. The third-order valence-electron chi connectivity index (χ3n) is 5.56. The van der Waals surface area contributed by atoms with Crippen molar-refractivity contribution >= 4 is 23.9 Å². The summed E-state index contributed by atoms with van der Waals surface area (Å²) in [6.45, 7) is -0.547. The quantitative estimate of drug-likeness (QED) is 0.141. The van der Waals surface area contributed by atoms with Crippen LogP contribution < -0.4 is 0 Å². The Hall–Kier alpha value is -2.40. The maximum atomic E-state index is 11.3. The molecule has 1 aliphatic rings. The van der Waals surface area contributed by atoms with Crippen molar-refractivity contribution < 1.29 is 54.6 Å². The number of aliphatic hydroxyl groups is 2. The number of hydrogen-bond donors (Lipinski definition) is 6. The molecule has 0 saturated carbocycles. The van der Waals surface area contributed by atoms with Gasteiger partial charge in [0.05, 0.1) is 45.0 Å². The Bertz CT molecular complexity index is 664. The molecule has 2 atom stereocenters. The molecule has 0 aromatic carbocycles. The van der Waals surface area contributed by atoms with Crippen molar-refractivity contribution in [2.24, 2.45) is 0 Å². The van der Waals surface area contributed by atoms with Crippen LogP contribution in [0.2, 0.25) is 0 Å². The summed E-state index contributed by atoms with van der Waals surface area (Å²) in [6, 6.07) is -0.867. The summed E-state index contributed by atoms with van der Waals surface area (Å²) in [7, 11) is 0. The van der Waals surface area contributed by atoms with Gasteiger partial charge in [-0.15, -0.1) is 0 Å². The van der Waals surface area contributed by atoms with Crippen molar-refractivity contribution in [3.05, 3.63) is 0 Å². The zero-order valence-corrected chi connectivity index (χ0v) is 19.6. The maximum Gasteiger partial charge on any atom is 0.329 e. The van der Waals surface area contributed by atoms with Gasteiger partial charge in [-0.2, -0.15) is 0 Å². The number of aliphatic hydroxyl groups excluding tert-OH is 2. The third-order valence-corrected chi connectivity index (χ3v) is 5.56. The Morgan fingerprint density at radius 2 is 1.03 bits per heavy atom. The van der Waals surface area contributed by atoms with E-state index < -0.39 is 49.2 Å². The molecule has 35 heavy (non-hydrogen) atoms. The minimum absolute atomic E-state index is 0.203. The Labute approximate surface area is 202 Å². The summed E-state index contributed by atoms with van der Waals surface area (Å²) in [5.41, 5.74) is 0. The van der Waals surface area contributed by atoms with Crippen molar-refractivity contribution in [2.45, 2.75) is 12.1 Å². The van der Waals surface area contributed by atoms with Gasteiger partial charge in [0.15, 0.2) is 0 Å². The van der Waals surface area contributed by atoms with E-state index >= 15 is 0 Å². The fourth-order valence-corrected chi connectivity index (χ4v) is 3.79. The van der Waals surface area contributed by atoms with Gasteiger partial charge in [0.1, 0.15) is 6.61 Å². The van der Waals surface area contributed by atoms with Gasteiger partial charge in [0.25, 0.3) is 0 Å². The Morgan fingerprint density at radius 1 is 0.657 bits per heavy atom. The summed E-state index contributed by atoms with van der Waals surface area (Å²) >= 11 is 0. The second kappa shape index (κ2) is 16.3. The molecule has 1 fully saturated rings. The zero-order valence-electron chi connectivity index (χ0n) is 19.6. The fraction of sp³-hybridized carbons (Fsp3) is 0.800. The van der Waals surface area contributed by atoms with Crippen LogP contribution >= 0.6 is 0 Å². The summed E-state index contributed by atoms with van der Waals surface area (Å²) in [4.78, 5) is 51.1. The standard InChI is InChI=1S/C20H36N4O11/c25-12-15(16(26)13-35-14-20(33)34)24-7-5-22(10-18(29)30)3-1-21(9-17(27)28)2-4-23(6-8-24)11-19(31)32/h15-16,25-26H,1-14H2,(H,27,28)(H,29,30)(H,31,32)(H,33,34). The molecule has 0 radical (unpaired) electrons. The predicted octanol–water partition coefficient (Wildman–Crippen LogP) is -3.72. The molecule has 1 rings (SSSR count). The first-order valence-corrected chi connectivity index (χ1v) is 11.2. The molecule has 0 bridgehead atoms. The van der Waals surface area contributed by atoms with E-state index in [0.717, 1.165) is 0 Å². The highest BCUT2D eigenvalue weighted by molar-refractivity contribution is 5.70. The highest BCUT2D eigenvalue weighted by Crippen LogP contribution is 2.09. The molecule has 0 aliphatic carbocycles. The van der Waals surface area contributed by atoms with Crippen molar-refractivity contribution in [3.8, 4) is 0 Å². The summed E-state index contributed by atoms with van der Waals surface area (Å²) in [5, 5.41) is 56.9. The van der Waals surface area contributed by atoms with Gasteiger partial charge in [0.2, 0.25) is 0 Å². The van der Waals surface area contributed by atoms with E-state index in [4.69, 9.17) is 9.84 Å². The molecule has 0 aromatic rings. The van der Waals surface area contributed by atoms with Gasteiger partial charge in [-0.1, -0.05) is 0 Å². The molecular formula is C20H36N4O11. The second-order valence-electron chi connectivity index (χ2n) is 8.27. The first-order chi connectivity index (χ1) is 16.5. The van der Waals surface area contributed by atoms with Crippen molar-refractivity contribution in [1.82, 2.24) is 19.6 Å². The average molecular weight is 509 g/mol. The number of aliphatic carboxylic acids is 4. The molecule has 15 heteroatoms. The maximum absolute atomic E-state index is 11.3. The van der Waals surface area contributed by atoms with Crippen LogP contribution in [0.4, 0.5) is 0 Å². The van der Waals surface area contributed by atoms with Gasteiger partial charge >= 0.3 is 23.9 Å². The molecule has 202 valence electrons. The first-order valence-electron chi connectivity index (χ1n) is 11.2. The minimum atomic E-state index is -1.25. The number of nitrogens with zero attached hydrogens (tertiary/aromatic N) is 4. The molecular weight excluding hydrogens is 472 g/mol. The van der Waals surface area contributed by atoms with Crippen LogP contribution in [-0.2, 0) is 23.9 Å². The summed E-state index contributed by atoms with van der Waals surface area (Å²) in [5.74, 6) is -4.40. The smallest absolute Gasteiger partial charge is 0.329 e.